The Labute approximate surface area is 130 Å². The number of benzene rings is 1. The van der Waals surface area contributed by atoms with Gasteiger partial charge in [0.05, 0.1) is 23.3 Å². The molecular weight excluding hydrogens is 304 g/mol. The second-order valence-electron chi connectivity index (χ2n) is 5.60. The maximum absolute atomic E-state index is 12.6. The van der Waals surface area contributed by atoms with E-state index in [0.717, 1.165) is 0 Å². The average Bonchev–Trinajstić information content (AvgIpc) is 2.47. The third-order valence-electron chi connectivity index (χ3n) is 3.96. The van der Waals surface area contributed by atoms with Gasteiger partial charge < -0.3 is 5.11 Å². The zero-order valence-corrected chi connectivity index (χ0v) is 13.1. The van der Waals surface area contributed by atoms with Crippen molar-refractivity contribution in [3.63, 3.8) is 0 Å². The SMILES string of the molecule is CC1CCC(C(=O)O)CN1S(=O)(=O)Cc1ccc(C#N)cc1. The van der Waals surface area contributed by atoms with Gasteiger partial charge in [-0.25, -0.2) is 8.42 Å². The minimum Gasteiger partial charge on any atom is -0.481 e. The van der Waals surface area contributed by atoms with Gasteiger partial charge in [-0.2, -0.15) is 9.57 Å². The molecular formula is C15H18N2O4S. The normalized spacial score (nSPS) is 22.9. The Morgan fingerprint density at radius 1 is 1.36 bits per heavy atom. The van der Waals surface area contributed by atoms with E-state index in [1.807, 2.05) is 6.07 Å². The summed E-state index contributed by atoms with van der Waals surface area (Å²) in [7, 11) is -3.58. The van der Waals surface area contributed by atoms with Gasteiger partial charge in [-0.3, -0.25) is 4.79 Å². The molecule has 1 saturated heterocycles. The van der Waals surface area contributed by atoms with Crippen LogP contribution in [0.2, 0.25) is 0 Å². The molecule has 1 aliphatic heterocycles. The zero-order chi connectivity index (χ0) is 16.3. The molecule has 6 nitrogen and oxygen atoms in total. The number of sulfonamides is 1. The Balaban J connectivity index is 2.17. The van der Waals surface area contributed by atoms with Crippen LogP contribution in [-0.4, -0.2) is 36.4 Å². The van der Waals surface area contributed by atoms with Crippen LogP contribution in [0.3, 0.4) is 0 Å². The van der Waals surface area contributed by atoms with E-state index in [-0.39, 0.29) is 18.3 Å². The molecule has 22 heavy (non-hydrogen) atoms. The van der Waals surface area contributed by atoms with Crippen LogP contribution >= 0.6 is 0 Å². The van der Waals surface area contributed by atoms with Gasteiger partial charge >= 0.3 is 5.97 Å². The van der Waals surface area contributed by atoms with Crippen molar-refractivity contribution >= 4 is 16.0 Å². The predicted molar refractivity (Wildman–Crippen MR) is 80.3 cm³/mol. The molecule has 0 aliphatic carbocycles. The maximum Gasteiger partial charge on any atom is 0.307 e. The average molecular weight is 322 g/mol. The van der Waals surface area contributed by atoms with Crippen LogP contribution < -0.4 is 0 Å². The lowest BCUT2D eigenvalue weighted by Gasteiger charge is -2.35. The van der Waals surface area contributed by atoms with Crippen molar-refractivity contribution in [1.29, 1.82) is 5.26 Å². The summed E-state index contributed by atoms with van der Waals surface area (Å²) >= 11 is 0. The Kier molecular flexibility index (Phi) is 4.84. The van der Waals surface area contributed by atoms with Crippen molar-refractivity contribution in [3.8, 4) is 6.07 Å². The summed E-state index contributed by atoms with van der Waals surface area (Å²) < 4.78 is 26.4. The predicted octanol–water partition coefficient (Wildman–Crippen LogP) is 1.57. The monoisotopic (exact) mass is 322 g/mol. The van der Waals surface area contributed by atoms with E-state index in [1.54, 1.807) is 31.2 Å². The van der Waals surface area contributed by atoms with Crippen LogP contribution in [0.4, 0.5) is 0 Å². The van der Waals surface area contributed by atoms with E-state index in [2.05, 4.69) is 0 Å². The van der Waals surface area contributed by atoms with Crippen molar-refractivity contribution < 1.29 is 18.3 Å². The van der Waals surface area contributed by atoms with E-state index in [4.69, 9.17) is 10.4 Å². The molecule has 1 aromatic carbocycles. The Morgan fingerprint density at radius 3 is 2.55 bits per heavy atom. The lowest BCUT2D eigenvalue weighted by atomic mass is 9.96. The minimum absolute atomic E-state index is 0.0229. The fraction of sp³-hybridized carbons (Fsp3) is 0.467. The van der Waals surface area contributed by atoms with Crippen LogP contribution in [0.25, 0.3) is 0 Å². The molecule has 0 bridgehead atoms. The number of hydrogen-bond acceptors (Lipinski definition) is 4. The first-order valence-corrected chi connectivity index (χ1v) is 8.66. The molecule has 118 valence electrons. The van der Waals surface area contributed by atoms with Gasteiger partial charge in [0.1, 0.15) is 0 Å². The lowest BCUT2D eigenvalue weighted by Crippen LogP contribution is -2.47. The van der Waals surface area contributed by atoms with Crippen LogP contribution in [-0.2, 0) is 20.6 Å². The number of aliphatic carboxylic acids is 1. The molecule has 7 heteroatoms. The highest BCUT2D eigenvalue weighted by Crippen LogP contribution is 2.26. The van der Waals surface area contributed by atoms with Crippen molar-refractivity contribution in [2.24, 2.45) is 5.92 Å². The Bertz CT molecular complexity index is 691. The largest absolute Gasteiger partial charge is 0.481 e. The highest BCUT2D eigenvalue weighted by molar-refractivity contribution is 7.88. The number of rotatable bonds is 4. The van der Waals surface area contributed by atoms with Gasteiger partial charge in [0.25, 0.3) is 0 Å². The van der Waals surface area contributed by atoms with E-state index in [1.165, 1.54) is 4.31 Å². The first-order chi connectivity index (χ1) is 10.3. The Morgan fingerprint density at radius 2 is 2.00 bits per heavy atom. The first-order valence-electron chi connectivity index (χ1n) is 7.05. The van der Waals surface area contributed by atoms with Crippen molar-refractivity contribution in [3.05, 3.63) is 35.4 Å². The fourth-order valence-electron chi connectivity index (χ4n) is 2.63. The molecule has 0 radical (unpaired) electrons. The summed E-state index contributed by atoms with van der Waals surface area (Å²) in [5.41, 5.74) is 1.06. The van der Waals surface area contributed by atoms with Gasteiger partial charge in [-0.05, 0) is 37.5 Å². The molecule has 2 unspecified atom stereocenters. The number of carbonyl (C=O) groups is 1. The summed E-state index contributed by atoms with van der Waals surface area (Å²) in [6.07, 6.45) is 1.04. The van der Waals surface area contributed by atoms with Crippen molar-refractivity contribution in [2.45, 2.75) is 31.6 Å². The number of carboxylic acid groups (broad SMARTS) is 1. The summed E-state index contributed by atoms with van der Waals surface area (Å²) in [5.74, 6) is -1.78. The van der Waals surface area contributed by atoms with Crippen LogP contribution in [0.5, 0.6) is 0 Å². The quantitative estimate of drug-likeness (QED) is 0.907. The van der Waals surface area contributed by atoms with E-state index in [0.29, 0.717) is 24.0 Å². The Hall–Kier alpha value is -1.91. The first kappa shape index (κ1) is 16.5. The highest BCUT2D eigenvalue weighted by atomic mass is 32.2. The van der Waals surface area contributed by atoms with Crippen LogP contribution in [0.1, 0.15) is 30.9 Å². The summed E-state index contributed by atoms with van der Waals surface area (Å²) in [6.45, 7) is 1.82. The summed E-state index contributed by atoms with van der Waals surface area (Å²) in [4.78, 5) is 11.1. The molecule has 2 rings (SSSR count). The minimum atomic E-state index is -3.58. The van der Waals surface area contributed by atoms with Crippen LogP contribution in [0.15, 0.2) is 24.3 Å². The number of piperidine rings is 1. The van der Waals surface area contributed by atoms with Gasteiger partial charge in [-0.1, -0.05) is 12.1 Å². The number of nitrogens with zero attached hydrogens (tertiary/aromatic N) is 2. The zero-order valence-electron chi connectivity index (χ0n) is 12.3. The smallest absolute Gasteiger partial charge is 0.307 e. The van der Waals surface area contributed by atoms with Gasteiger partial charge in [0.2, 0.25) is 10.0 Å². The summed E-state index contributed by atoms with van der Waals surface area (Å²) in [5, 5.41) is 17.9. The molecule has 1 fully saturated rings. The second kappa shape index (κ2) is 6.46. The highest BCUT2D eigenvalue weighted by Gasteiger charge is 2.36. The van der Waals surface area contributed by atoms with E-state index >= 15 is 0 Å². The molecule has 0 saturated carbocycles. The molecule has 0 aromatic heterocycles. The fourth-order valence-corrected chi connectivity index (χ4v) is 4.47. The molecule has 1 aliphatic rings. The molecule has 1 heterocycles. The van der Waals surface area contributed by atoms with Crippen molar-refractivity contribution in [1.82, 2.24) is 4.31 Å². The topological polar surface area (TPSA) is 98.5 Å². The van der Waals surface area contributed by atoms with Crippen LogP contribution in [0, 0.1) is 17.2 Å². The van der Waals surface area contributed by atoms with Gasteiger partial charge in [0.15, 0.2) is 0 Å². The third-order valence-corrected chi connectivity index (χ3v) is 5.89. The number of nitriles is 1. The van der Waals surface area contributed by atoms with Gasteiger partial charge in [0, 0.05) is 12.6 Å². The molecule has 1 N–H and O–H groups in total. The molecule has 0 amide bonds. The lowest BCUT2D eigenvalue weighted by molar-refractivity contribution is -0.143. The van der Waals surface area contributed by atoms with E-state index < -0.39 is 21.9 Å². The van der Waals surface area contributed by atoms with E-state index in [9.17, 15) is 13.2 Å². The second-order valence-corrected chi connectivity index (χ2v) is 7.52. The summed E-state index contributed by atoms with van der Waals surface area (Å²) in [6, 6.07) is 8.15. The van der Waals surface area contributed by atoms with Crippen molar-refractivity contribution in [2.75, 3.05) is 6.54 Å². The number of hydrogen-bond donors (Lipinski definition) is 1. The van der Waals surface area contributed by atoms with Gasteiger partial charge in [-0.15, -0.1) is 0 Å². The third kappa shape index (κ3) is 3.64. The standard InChI is InChI=1S/C15H18N2O4S/c1-11-2-7-14(15(18)19)9-17(11)22(20,21)10-13-5-3-12(8-16)4-6-13/h3-6,11,14H,2,7,9-10H2,1H3,(H,18,19). The molecule has 2 atom stereocenters. The maximum atomic E-state index is 12.6. The molecule has 0 spiro atoms. The number of carboxylic acids is 1. The molecule has 1 aromatic rings.